The van der Waals surface area contributed by atoms with Crippen molar-refractivity contribution in [2.45, 2.75) is 38.6 Å². The molecular formula is C24H27N3O4. The van der Waals surface area contributed by atoms with E-state index >= 15 is 0 Å². The molecule has 31 heavy (non-hydrogen) atoms. The maximum Gasteiger partial charge on any atom is 0.328 e. The van der Waals surface area contributed by atoms with Crippen LogP contribution in [0.25, 0.3) is 11.0 Å². The lowest BCUT2D eigenvalue weighted by Crippen LogP contribution is -2.29. The van der Waals surface area contributed by atoms with E-state index in [1.165, 1.54) is 0 Å². The second-order valence-corrected chi connectivity index (χ2v) is 8.33. The summed E-state index contributed by atoms with van der Waals surface area (Å²) in [6.45, 7) is 0.625. The van der Waals surface area contributed by atoms with E-state index < -0.39 is 0 Å². The van der Waals surface area contributed by atoms with Gasteiger partial charge < -0.3 is 4.74 Å². The standard InChI is InChI=1S/C24H27N3O4/c1-26-20-8-7-19(31-2)13-21(20)27(24(26)30)15-16-3-5-17(6-4-16)22(28)14-23(29)18-9-11-25-12-10-18/h7-13,16-17H,3-6,14-15H2,1-2H3. The summed E-state index contributed by atoms with van der Waals surface area (Å²) in [6.07, 6.45) is 6.33. The number of aryl methyl sites for hydroxylation is 1. The summed E-state index contributed by atoms with van der Waals surface area (Å²) in [6, 6.07) is 8.95. The van der Waals surface area contributed by atoms with Gasteiger partial charge in [-0.1, -0.05) is 0 Å². The van der Waals surface area contributed by atoms with Gasteiger partial charge >= 0.3 is 5.69 Å². The third-order valence-electron chi connectivity index (χ3n) is 6.43. The Hall–Kier alpha value is -3.22. The molecule has 1 aliphatic rings. The summed E-state index contributed by atoms with van der Waals surface area (Å²) in [7, 11) is 3.40. The number of benzene rings is 1. The molecule has 1 aromatic carbocycles. The molecule has 3 aromatic rings. The van der Waals surface area contributed by atoms with Crippen molar-refractivity contribution in [3.05, 3.63) is 58.8 Å². The SMILES string of the molecule is COc1ccc2c(c1)n(CC1CCC(C(=O)CC(=O)c3ccncc3)CC1)c(=O)n2C. The molecule has 0 N–H and O–H groups in total. The number of carbonyl (C=O) groups is 2. The number of rotatable bonds is 7. The van der Waals surface area contributed by atoms with Crippen LogP contribution in [0.3, 0.4) is 0 Å². The molecule has 0 saturated heterocycles. The average Bonchev–Trinajstić information content (AvgIpc) is 3.04. The highest BCUT2D eigenvalue weighted by Crippen LogP contribution is 2.32. The Labute approximate surface area is 180 Å². The monoisotopic (exact) mass is 421 g/mol. The zero-order chi connectivity index (χ0) is 22.0. The summed E-state index contributed by atoms with van der Waals surface area (Å²) in [5, 5.41) is 0. The predicted molar refractivity (Wildman–Crippen MR) is 117 cm³/mol. The molecule has 2 aromatic heterocycles. The maximum atomic E-state index is 12.8. The summed E-state index contributed by atoms with van der Waals surface area (Å²) in [5.41, 5.74) is 2.24. The maximum absolute atomic E-state index is 12.8. The normalized spacial score (nSPS) is 18.8. The second kappa shape index (κ2) is 8.88. The molecule has 1 fully saturated rings. The molecule has 1 aliphatic carbocycles. The Morgan fingerprint density at radius 3 is 2.45 bits per heavy atom. The van der Waals surface area contributed by atoms with Gasteiger partial charge in [-0.3, -0.25) is 23.7 Å². The van der Waals surface area contributed by atoms with Crippen molar-refractivity contribution in [1.29, 1.82) is 0 Å². The molecular weight excluding hydrogens is 394 g/mol. The Kier molecular flexibility index (Phi) is 6.02. The van der Waals surface area contributed by atoms with Crippen molar-refractivity contribution in [3.8, 4) is 5.75 Å². The van der Waals surface area contributed by atoms with Crippen molar-refractivity contribution in [2.24, 2.45) is 18.9 Å². The number of pyridine rings is 1. The lowest BCUT2D eigenvalue weighted by molar-refractivity contribution is -0.123. The van der Waals surface area contributed by atoms with Gasteiger partial charge in [0.1, 0.15) is 11.5 Å². The Bertz CT molecular complexity index is 1150. The lowest BCUT2D eigenvalue weighted by Gasteiger charge is -2.27. The first kappa shape index (κ1) is 21.0. The number of hydrogen-bond acceptors (Lipinski definition) is 5. The van der Waals surface area contributed by atoms with Crippen molar-refractivity contribution in [1.82, 2.24) is 14.1 Å². The number of imidazole rings is 1. The molecule has 7 heteroatoms. The number of fused-ring (bicyclic) bond motifs is 1. The van der Waals surface area contributed by atoms with Crippen LogP contribution in [0.4, 0.5) is 0 Å². The molecule has 0 atom stereocenters. The molecule has 0 spiro atoms. The van der Waals surface area contributed by atoms with E-state index in [4.69, 9.17) is 4.74 Å². The number of methoxy groups -OCH3 is 1. The minimum absolute atomic E-state index is 0.0207. The average molecular weight is 421 g/mol. The summed E-state index contributed by atoms with van der Waals surface area (Å²) < 4.78 is 8.81. The number of Topliss-reactive ketones (excluding diaryl/α,β-unsaturated/α-hetero) is 2. The largest absolute Gasteiger partial charge is 0.497 e. The van der Waals surface area contributed by atoms with Gasteiger partial charge in [0.15, 0.2) is 5.78 Å². The minimum atomic E-state index is -0.147. The topological polar surface area (TPSA) is 83.2 Å². The van der Waals surface area contributed by atoms with Crippen LogP contribution >= 0.6 is 0 Å². The van der Waals surface area contributed by atoms with Gasteiger partial charge in [0, 0.05) is 43.5 Å². The fourth-order valence-electron chi connectivity index (χ4n) is 4.56. The van der Waals surface area contributed by atoms with Crippen LogP contribution in [0, 0.1) is 11.8 Å². The van der Waals surface area contributed by atoms with Gasteiger partial charge in [0.25, 0.3) is 0 Å². The molecule has 162 valence electrons. The molecule has 4 rings (SSSR count). The molecule has 0 unspecified atom stereocenters. The van der Waals surface area contributed by atoms with Gasteiger partial charge in [0.2, 0.25) is 0 Å². The van der Waals surface area contributed by atoms with E-state index in [0.717, 1.165) is 42.5 Å². The van der Waals surface area contributed by atoms with Crippen LogP contribution in [0.1, 0.15) is 42.5 Å². The van der Waals surface area contributed by atoms with Crippen LogP contribution < -0.4 is 10.4 Å². The number of hydrogen-bond donors (Lipinski definition) is 0. The van der Waals surface area contributed by atoms with Gasteiger partial charge in [-0.25, -0.2) is 4.79 Å². The van der Waals surface area contributed by atoms with E-state index in [-0.39, 0.29) is 29.6 Å². The second-order valence-electron chi connectivity index (χ2n) is 8.33. The highest BCUT2D eigenvalue weighted by molar-refractivity contribution is 6.08. The fraction of sp³-hybridized carbons (Fsp3) is 0.417. The number of ketones is 2. The summed E-state index contributed by atoms with van der Waals surface area (Å²) >= 11 is 0. The first-order chi connectivity index (χ1) is 15.0. The molecule has 1 saturated carbocycles. The molecule has 0 radical (unpaired) electrons. The zero-order valence-corrected chi connectivity index (χ0v) is 17.9. The number of aromatic nitrogens is 3. The molecule has 0 bridgehead atoms. The van der Waals surface area contributed by atoms with Gasteiger partial charge in [-0.15, -0.1) is 0 Å². The van der Waals surface area contributed by atoms with Crippen LogP contribution in [-0.4, -0.2) is 32.8 Å². The third-order valence-corrected chi connectivity index (χ3v) is 6.43. The lowest BCUT2D eigenvalue weighted by atomic mass is 9.79. The zero-order valence-electron chi connectivity index (χ0n) is 17.9. The van der Waals surface area contributed by atoms with E-state index in [9.17, 15) is 14.4 Å². The van der Waals surface area contributed by atoms with Gasteiger partial charge in [-0.2, -0.15) is 0 Å². The highest BCUT2D eigenvalue weighted by Gasteiger charge is 2.28. The smallest absolute Gasteiger partial charge is 0.328 e. The van der Waals surface area contributed by atoms with E-state index in [0.29, 0.717) is 18.0 Å². The first-order valence-corrected chi connectivity index (χ1v) is 10.7. The van der Waals surface area contributed by atoms with Gasteiger partial charge in [-0.05, 0) is 55.9 Å². The quantitative estimate of drug-likeness (QED) is 0.431. The molecule has 0 aliphatic heterocycles. The molecule has 0 amide bonds. The number of nitrogens with zero attached hydrogens (tertiary/aromatic N) is 3. The van der Waals surface area contributed by atoms with Crippen LogP contribution in [-0.2, 0) is 18.4 Å². The summed E-state index contributed by atoms with van der Waals surface area (Å²) in [5.74, 6) is 0.846. The Balaban J connectivity index is 1.39. The van der Waals surface area contributed by atoms with E-state index in [1.54, 1.807) is 43.3 Å². The minimum Gasteiger partial charge on any atom is -0.497 e. The predicted octanol–water partition coefficient (Wildman–Crippen LogP) is 3.39. The molecule has 2 heterocycles. The van der Waals surface area contributed by atoms with Crippen molar-refractivity contribution < 1.29 is 14.3 Å². The van der Waals surface area contributed by atoms with Crippen LogP contribution in [0.15, 0.2) is 47.5 Å². The molecule has 7 nitrogen and oxygen atoms in total. The van der Waals surface area contributed by atoms with Crippen LogP contribution in [0.5, 0.6) is 5.75 Å². The van der Waals surface area contributed by atoms with Crippen molar-refractivity contribution >= 4 is 22.6 Å². The van der Waals surface area contributed by atoms with Crippen LogP contribution in [0.2, 0.25) is 0 Å². The number of carbonyl (C=O) groups excluding carboxylic acids is 2. The Morgan fingerprint density at radius 1 is 1.06 bits per heavy atom. The first-order valence-electron chi connectivity index (χ1n) is 10.7. The third kappa shape index (κ3) is 4.31. The highest BCUT2D eigenvalue weighted by atomic mass is 16.5. The fourth-order valence-corrected chi connectivity index (χ4v) is 4.56. The van der Waals surface area contributed by atoms with Crippen molar-refractivity contribution in [3.63, 3.8) is 0 Å². The van der Waals surface area contributed by atoms with E-state index in [1.807, 2.05) is 22.8 Å². The van der Waals surface area contributed by atoms with E-state index in [2.05, 4.69) is 4.98 Å². The Morgan fingerprint density at radius 2 is 1.77 bits per heavy atom. The summed E-state index contributed by atoms with van der Waals surface area (Å²) in [4.78, 5) is 41.6. The van der Waals surface area contributed by atoms with Gasteiger partial charge in [0.05, 0.1) is 24.6 Å². The number of ether oxygens (including phenoxy) is 1. The van der Waals surface area contributed by atoms with Crippen molar-refractivity contribution in [2.75, 3.05) is 7.11 Å².